The summed E-state index contributed by atoms with van der Waals surface area (Å²) in [5, 5.41) is 10.2. The van der Waals surface area contributed by atoms with Crippen molar-refractivity contribution in [2.24, 2.45) is 0 Å². The van der Waals surface area contributed by atoms with E-state index in [1.807, 2.05) is 13.8 Å². The highest BCUT2D eigenvalue weighted by Crippen LogP contribution is 2.30. The molecule has 2 unspecified atom stereocenters. The minimum absolute atomic E-state index is 0.0825. The van der Waals surface area contributed by atoms with Gasteiger partial charge in [-0.2, -0.15) is 4.72 Å². The summed E-state index contributed by atoms with van der Waals surface area (Å²) in [4.78, 5) is 11.7. The number of ether oxygens (including phenoxy) is 1. The van der Waals surface area contributed by atoms with Crippen LogP contribution in [0.25, 0.3) is 0 Å². The van der Waals surface area contributed by atoms with Gasteiger partial charge >= 0.3 is 5.97 Å². The molecule has 6 nitrogen and oxygen atoms in total. The normalized spacial score (nSPS) is 23.6. The van der Waals surface area contributed by atoms with Crippen LogP contribution in [0.1, 0.15) is 31.2 Å². The van der Waals surface area contributed by atoms with Gasteiger partial charge < -0.3 is 9.84 Å². The van der Waals surface area contributed by atoms with Crippen LogP contribution in [0.3, 0.4) is 0 Å². The van der Waals surface area contributed by atoms with E-state index in [0.717, 1.165) is 0 Å². The van der Waals surface area contributed by atoms with E-state index in [0.29, 0.717) is 11.3 Å². The fourth-order valence-corrected chi connectivity index (χ4v) is 4.59. The molecule has 2 rings (SSSR count). The van der Waals surface area contributed by atoms with Gasteiger partial charge in [-0.3, -0.25) is 4.79 Å². The van der Waals surface area contributed by atoms with Crippen LogP contribution >= 0.6 is 11.3 Å². The molecule has 2 heterocycles. The van der Waals surface area contributed by atoms with E-state index >= 15 is 0 Å². The largest absolute Gasteiger partial charge is 0.480 e. The summed E-state index contributed by atoms with van der Waals surface area (Å²) < 4.78 is 32.2. The second-order valence-electron chi connectivity index (χ2n) is 5.35. The van der Waals surface area contributed by atoms with E-state index in [2.05, 4.69) is 4.72 Å². The van der Waals surface area contributed by atoms with Crippen LogP contribution in [-0.2, 0) is 19.6 Å². The maximum absolute atomic E-state index is 12.3. The Hall–Kier alpha value is -0.960. The lowest BCUT2D eigenvalue weighted by Crippen LogP contribution is -2.40. The van der Waals surface area contributed by atoms with E-state index in [1.54, 1.807) is 17.5 Å². The summed E-state index contributed by atoms with van der Waals surface area (Å²) in [6.07, 6.45) is 0.346. The number of carboxylic acid groups (broad SMARTS) is 1. The maximum Gasteiger partial charge on any atom is 0.327 e. The molecule has 8 heteroatoms. The fraction of sp³-hybridized carbons (Fsp3) is 0.583. The van der Waals surface area contributed by atoms with E-state index in [1.165, 1.54) is 11.3 Å². The summed E-state index contributed by atoms with van der Waals surface area (Å²) in [6.45, 7) is 3.71. The Labute approximate surface area is 121 Å². The molecular formula is C12H17NO5S2. The number of rotatable bonds is 5. The first-order chi connectivity index (χ1) is 9.21. The van der Waals surface area contributed by atoms with Crippen molar-refractivity contribution in [3.8, 4) is 0 Å². The number of carbonyl (C=O) groups is 1. The van der Waals surface area contributed by atoms with Gasteiger partial charge in [0.1, 0.15) is 5.25 Å². The molecule has 0 saturated carbocycles. The number of carboxylic acids is 1. The molecule has 0 aromatic carbocycles. The Balaban J connectivity index is 2.16. The van der Waals surface area contributed by atoms with Crippen molar-refractivity contribution in [1.29, 1.82) is 0 Å². The molecule has 1 aromatic heterocycles. The van der Waals surface area contributed by atoms with Crippen LogP contribution in [0.4, 0.5) is 0 Å². The molecule has 0 aliphatic carbocycles. The Morgan fingerprint density at radius 1 is 1.60 bits per heavy atom. The number of hydrogen-bond acceptors (Lipinski definition) is 5. The summed E-state index contributed by atoms with van der Waals surface area (Å²) in [5.74, 6) is -1.21. The Morgan fingerprint density at radius 3 is 2.75 bits per heavy atom. The zero-order chi connectivity index (χ0) is 15.0. The number of sulfonamides is 1. The van der Waals surface area contributed by atoms with E-state index in [-0.39, 0.29) is 6.61 Å². The summed E-state index contributed by atoms with van der Waals surface area (Å²) >= 11 is 1.20. The molecule has 0 radical (unpaired) electrons. The molecule has 112 valence electrons. The lowest BCUT2D eigenvalue weighted by Gasteiger charge is -2.18. The minimum Gasteiger partial charge on any atom is -0.480 e. The predicted molar refractivity (Wildman–Crippen MR) is 75.2 cm³/mol. The van der Waals surface area contributed by atoms with Gasteiger partial charge in [0.15, 0.2) is 6.04 Å². The molecule has 1 saturated heterocycles. The number of thiophene rings is 1. The van der Waals surface area contributed by atoms with Crippen molar-refractivity contribution in [1.82, 2.24) is 4.72 Å². The molecule has 1 aliphatic rings. The third-order valence-corrected chi connectivity index (χ3v) is 5.86. The molecule has 2 N–H and O–H groups in total. The third kappa shape index (κ3) is 3.38. The lowest BCUT2D eigenvalue weighted by molar-refractivity contribution is -0.139. The Kier molecular flexibility index (Phi) is 4.19. The molecule has 0 bridgehead atoms. The lowest BCUT2D eigenvalue weighted by atomic mass is 10.1. The van der Waals surface area contributed by atoms with E-state index < -0.39 is 32.9 Å². The molecule has 0 amide bonds. The fourth-order valence-electron chi connectivity index (χ4n) is 2.13. The van der Waals surface area contributed by atoms with Gasteiger partial charge in [-0.05, 0) is 31.7 Å². The number of nitrogens with one attached hydrogen (secondary N) is 1. The number of aliphatic carboxylic acids is 1. The molecular weight excluding hydrogens is 302 g/mol. The van der Waals surface area contributed by atoms with Crippen molar-refractivity contribution >= 4 is 27.3 Å². The smallest absolute Gasteiger partial charge is 0.327 e. The Bertz CT molecular complexity index is 579. The van der Waals surface area contributed by atoms with Gasteiger partial charge in [-0.25, -0.2) is 8.42 Å². The van der Waals surface area contributed by atoms with Gasteiger partial charge in [0.2, 0.25) is 10.0 Å². The predicted octanol–water partition coefficient (Wildman–Crippen LogP) is 1.36. The van der Waals surface area contributed by atoms with Crippen LogP contribution in [0.15, 0.2) is 17.5 Å². The Morgan fingerprint density at radius 2 is 2.30 bits per heavy atom. The van der Waals surface area contributed by atoms with Crippen LogP contribution in [0, 0.1) is 0 Å². The van der Waals surface area contributed by atoms with Crippen LogP contribution < -0.4 is 4.72 Å². The van der Waals surface area contributed by atoms with Crippen molar-refractivity contribution in [2.45, 2.75) is 37.2 Å². The first-order valence-electron chi connectivity index (χ1n) is 6.12. The molecule has 1 aliphatic heterocycles. The first-order valence-corrected chi connectivity index (χ1v) is 8.55. The monoisotopic (exact) mass is 319 g/mol. The summed E-state index contributed by atoms with van der Waals surface area (Å²) in [7, 11) is -3.75. The highest BCUT2D eigenvalue weighted by Gasteiger charge is 2.41. The van der Waals surface area contributed by atoms with E-state index in [4.69, 9.17) is 4.74 Å². The van der Waals surface area contributed by atoms with Crippen LogP contribution in [0.5, 0.6) is 0 Å². The topological polar surface area (TPSA) is 92.7 Å². The highest BCUT2D eigenvalue weighted by molar-refractivity contribution is 7.90. The summed E-state index contributed by atoms with van der Waals surface area (Å²) in [6, 6.07) is 2.04. The van der Waals surface area contributed by atoms with Gasteiger partial charge in [-0.1, -0.05) is 6.07 Å². The number of hydrogen-bond donors (Lipinski definition) is 2. The minimum atomic E-state index is -3.75. The van der Waals surface area contributed by atoms with Crippen molar-refractivity contribution in [3.63, 3.8) is 0 Å². The van der Waals surface area contributed by atoms with Gasteiger partial charge in [0.05, 0.1) is 12.2 Å². The molecule has 2 atom stereocenters. The molecule has 1 aromatic rings. The molecule has 20 heavy (non-hydrogen) atoms. The zero-order valence-electron chi connectivity index (χ0n) is 11.2. The van der Waals surface area contributed by atoms with Crippen molar-refractivity contribution in [2.75, 3.05) is 6.61 Å². The first kappa shape index (κ1) is 15.4. The molecule has 0 spiro atoms. The van der Waals surface area contributed by atoms with Crippen molar-refractivity contribution in [3.05, 3.63) is 22.4 Å². The quantitative estimate of drug-likeness (QED) is 0.855. The average Bonchev–Trinajstić information content (AvgIpc) is 2.94. The second-order valence-corrected chi connectivity index (χ2v) is 8.32. The summed E-state index contributed by atoms with van der Waals surface area (Å²) in [5.41, 5.74) is -0.499. The average molecular weight is 319 g/mol. The van der Waals surface area contributed by atoms with Crippen molar-refractivity contribution < 1.29 is 23.1 Å². The maximum atomic E-state index is 12.3. The van der Waals surface area contributed by atoms with Gasteiger partial charge in [0.25, 0.3) is 0 Å². The standard InChI is InChI=1S/C12H17NO5S2/c1-12(2)6-8(7-18-12)20(16,17)13-10(11(14)15)9-4-3-5-19-9/h3-5,8,10,13H,6-7H2,1-2H3,(H,14,15). The molecule has 1 fully saturated rings. The zero-order valence-corrected chi connectivity index (χ0v) is 12.8. The van der Waals surface area contributed by atoms with E-state index in [9.17, 15) is 18.3 Å². The second kappa shape index (κ2) is 5.44. The van der Waals surface area contributed by atoms with Gasteiger partial charge in [-0.15, -0.1) is 11.3 Å². The SMILES string of the molecule is CC1(C)CC(S(=O)(=O)NC(C(=O)O)c2cccs2)CO1. The third-order valence-electron chi connectivity index (χ3n) is 3.17. The van der Waals surface area contributed by atoms with Crippen LogP contribution in [-0.4, -0.2) is 37.0 Å². The highest BCUT2D eigenvalue weighted by atomic mass is 32.2. The van der Waals surface area contributed by atoms with Crippen LogP contribution in [0.2, 0.25) is 0 Å². The van der Waals surface area contributed by atoms with Gasteiger partial charge in [0, 0.05) is 4.88 Å².